The van der Waals surface area contributed by atoms with E-state index in [1.165, 1.54) is 166 Å². The fourth-order valence-electron chi connectivity index (χ4n) is 16.1. The maximum atomic E-state index is 2.48. The zero-order valence-corrected chi connectivity index (χ0v) is 45.5. The van der Waals surface area contributed by atoms with Crippen LogP contribution in [0.1, 0.15) is 128 Å². The molecule has 0 nitrogen and oxygen atoms in total. The third-order valence-corrected chi connectivity index (χ3v) is 19.7. The summed E-state index contributed by atoms with van der Waals surface area (Å²) in [6.07, 6.45) is 30.2. The monoisotopic (exact) mass is 1020 g/mol. The van der Waals surface area contributed by atoms with Gasteiger partial charge < -0.3 is 0 Å². The summed E-state index contributed by atoms with van der Waals surface area (Å²) in [6.45, 7) is 0. The van der Waals surface area contributed by atoms with Crippen molar-refractivity contribution in [2.45, 2.75) is 89.9 Å². The van der Waals surface area contributed by atoms with Gasteiger partial charge in [0.25, 0.3) is 0 Å². The van der Waals surface area contributed by atoms with Crippen molar-refractivity contribution in [2.75, 3.05) is 0 Å². The molecule has 0 fully saturated rings. The number of hydrogen-bond donors (Lipinski definition) is 0. The molecule has 20 rings (SSSR count). The summed E-state index contributed by atoms with van der Waals surface area (Å²) < 4.78 is 0. The average Bonchev–Trinajstić information content (AvgIpc) is 4.59. The van der Waals surface area contributed by atoms with E-state index in [9.17, 15) is 0 Å². The lowest BCUT2D eigenvalue weighted by atomic mass is 9.90. The van der Waals surface area contributed by atoms with E-state index in [1.54, 1.807) is 50.1 Å². The zero-order valence-electron chi connectivity index (χ0n) is 45.5. The maximum absolute atomic E-state index is 2.48. The van der Waals surface area contributed by atoms with Gasteiger partial charge in [-0.2, -0.15) is 0 Å². The molecule has 0 amide bonds. The maximum Gasteiger partial charge on any atom is -0.000718 e. The Morgan fingerprint density at radius 3 is 1.20 bits per heavy atom. The van der Waals surface area contributed by atoms with Gasteiger partial charge >= 0.3 is 0 Å². The van der Waals surface area contributed by atoms with E-state index in [0.717, 1.165) is 51.4 Å². The minimum Gasteiger partial charge on any atom is -0.0839 e. The van der Waals surface area contributed by atoms with Crippen LogP contribution in [0.15, 0.2) is 223 Å². The van der Waals surface area contributed by atoms with E-state index in [4.69, 9.17) is 0 Å². The van der Waals surface area contributed by atoms with Crippen molar-refractivity contribution in [3.05, 3.63) is 312 Å². The van der Waals surface area contributed by atoms with Gasteiger partial charge in [0.05, 0.1) is 0 Å². The molecule has 0 heterocycles. The van der Waals surface area contributed by atoms with E-state index in [2.05, 4.69) is 206 Å². The predicted molar refractivity (Wildman–Crippen MR) is 334 cm³/mol. The van der Waals surface area contributed by atoms with Crippen LogP contribution in [0.4, 0.5) is 0 Å². The Balaban J connectivity index is 0.0000000853. The second-order valence-corrected chi connectivity index (χ2v) is 24.1. The topological polar surface area (TPSA) is 0 Å². The lowest BCUT2D eigenvalue weighted by Gasteiger charge is -2.14. The Morgan fingerprint density at radius 1 is 0.212 bits per heavy atom. The molecule has 382 valence electrons. The largest absolute Gasteiger partial charge is 0.0839 e. The number of allylic oxidation sites excluding steroid dienone is 12. The van der Waals surface area contributed by atoms with Crippen LogP contribution in [0.25, 0.3) is 72.4 Å². The van der Waals surface area contributed by atoms with Crippen molar-refractivity contribution in [1.82, 2.24) is 0 Å². The Bertz CT molecular complexity index is 4390. The Labute approximate surface area is 471 Å². The number of benzene rings is 9. The standard InChI is InChI=1S/C20H14.3C20H16/c1-3-7-16-14(6-1)12-19-18(16)10-9-15-11-13-5-2-4-8-17(13)20(15)19;1-3-7-17-13(5-1)9-15-11-20-16(12-19(15)17)10-14-6-2-4-8-18(14)20;1-3-7-17-13(5-1)9-15-11-16-10-14-6-2-4-8-18(14)20(16)12-19(15)17;1-3-7-17-13(5-1)11-15-9-10-16-12-14-6-2-4-8-18(14)20(16)19(15)17/h1-10H,11-12H2;2*1-3,5-7,11-12H,4,8-10H2;1-3,5-7,9-10H,4,8,11-12H2. The molecule has 0 unspecified atom stereocenters. The van der Waals surface area contributed by atoms with E-state index in [-0.39, 0.29) is 0 Å². The molecule has 9 aromatic carbocycles. The molecule has 11 aliphatic rings. The molecule has 11 aliphatic carbocycles. The fraction of sp³-hybridized carbons (Fsp3) is 0.175. The minimum absolute atomic E-state index is 1.09. The molecular formula is C80H62. The van der Waals surface area contributed by atoms with Crippen molar-refractivity contribution >= 4 is 16.7 Å². The molecule has 0 saturated heterocycles. The predicted octanol–water partition coefficient (Wildman–Crippen LogP) is 19.6. The van der Waals surface area contributed by atoms with Crippen molar-refractivity contribution < 1.29 is 0 Å². The van der Waals surface area contributed by atoms with Gasteiger partial charge in [-0.25, -0.2) is 0 Å². The molecule has 0 spiro atoms. The van der Waals surface area contributed by atoms with Crippen LogP contribution in [0.3, 0.4) is 0 Å². The van der Waals surface area contributed by atoms with Gasteiger partial charge in [-0.05, 0) is 280 Å². The van der Waals surface area contributed by atoms with Crippen LogP contribution in [-0.4, -0.2) is 0 Å². The SMILES string of the molecule is C1=CC2=C(CC1)c1c(ccc3c1-c1ccccc1C3)C2.C1=CC2=C(CC1)c1cc3c(cc1C2)-c1ccccc1C3.C1=CC2=C(CC1)c1cc3c(cc1C2)Cc1ccccc1-3.c1ccc2c(c1)Cc1c-2ccc2c1-c1ccccc1C2. The molecule has 80 heavy (non-hydrogen) atoms. The van der Waals surface area contributed by atoms with Gasteiger partial charge in [-0.1, -0.05) is 194 Å². The van der Waals surface area contributed by atoms with Crippen LogP contribution in [-0.2, 0) is 51.4 Å². The third-order valence-electron chi connectivity index (χ3n) is 19.7. The van der Waals surface area contributed by atoms with E-state index < -0.39 is 0 Å². The molecule has 0 aromatic heterocycles. The number of hydrogen-bond acceptors (Lipinski definition) is 0. The van der Waals surface area contributed by atoms with Crippen LogP contribution >= 0.6 is 0 Å². The van der Waals surface area contributed by atoms with E-state index in [0.29, 0.717) is 0 Å². The van der Waals surface area contributed by atoms with Gasteiger partial charge in [0.2, 0.25) is 0 Å². The quantitative estimate of drug-likeness (QED) is 0.142. The molecule has 0 radical (unpaired) electrons. The van der Waals surface area contributed by atoms with Gasteiger partial charge in [0, 0.05) is 0 Å². The summed E-state index contributed by atoms with van der Waals surface area (Å²) in [4.78, 5) is 0. The van der Waals surface area contributed by atoms with Gasteiger partial charge in [0.1, 0.15) is 0 Å². The Morgan fingerprint density at radius 2 is 0.588 bits per heavy atom. The van der Waals surface area contributed by atoms with Crippen molar-refractivity contribution in [3.8, 4) is 55.6 Å². The van der Waals surface area contributed by atoms with Crippen molar-refractivity contribution in [1.29, 1.82) is 0 Å². The summed E-state index contributed by atoms with van der Waals surface area (Å²) >= 11 is 0. The highest BCUT2D eigenvalue weighted by Gasteiger charge is 2.32. The van der Waals surface area contributed by atoms with Crippen LogP contribution in [0, 0.1) is 0 Å². The minimum atomic E-state index is 1.09. The first-order valence-electron chi connectivity index (χ1n) is 29.8. The Kier molecular flexibility index (Phi) is 10.7. The van der Waals surface area contributed by atoms with Gasteiger partial charge in [0.15, 0.2) is 0 Å². The molecule has 0 aliphatic heterocycles. The van der Waals surface area contributed by atoms with Crippen LogP contribution < -0.4 is 0 Å². The number of rotatable bonds is 0. The van der Waals surface area contributed by atoms with E-state index in [1.807, 2.05) is 0 Å². The molecule has 0 heteroatoms. The van der Waals surface area contributed by atoms with Crippen molar-refractivity contribution in [2.24, 2.45) is 0 Å². The first kappa shape index (κ1) is 46.3. The summed E-state index contributed by atoms with van der Waals surface area (Å²) in [5.74, 6) is 0. The molecular weight excluding hydrogens is 961 g/mol. The average molecular weight is 1020 g/mol. The van der Waals surface area contributed by atoms with Crippen LogP contribution in [0.2, 0.25) is 0 Å². The summed E-state index contributed by atoms with van der Waals surface area (Å²) in [6, 6.07) is 63.6. The molecule has 0 atom stereocenters. The highest BCUT2D eigenvalue weighted by atomic mass is 14.4. The number of fused-ring (bicyclic) bond motifs is 23. The lowest BCUT2D eigenvalue weighted by molar-refractivity contribution is 1.04. The molecule has 0 N–H and O–H groups in total. The lowest BCUT2D eigenvalue weighted by Crippen LogP contribution is -1.92. The van der Waals surface area contributed by atoms with Crippen LogP contribution in [0.5, 0.6) is 0 Å². The van der Waals surface area contributed by atoms with Gasteiger partial charge in [-0.15, -0.1) is 0 Å². The smallest absolute Gasteiger partial charge is 0.000718 e. The highest BCUT2D eigenvalue weighted by Crippen LogP contribution is 2.51. The Hall–Kier alpha value is -8.58. The first-order valence-corrected chi connectivity index (χ1v) is 29.8. The fourth-order valence-corrected chi connectivity index (χ4v) is 16.1. The summed E-state index contributed by atoms with van der Waals surface area (Å²) in [5.41, 5.74) is 48.5. The van der Waals surface area contributed by atoms with Crippen molar-refractivity contribution in [3.63, 3.8) is 0 Å². The second-order valence-electron chi connectivity index (χ2n) is 24.1. The van der Waals surface area contributed by atoms with E-state index >= 15 is 0 Å². The summed E-state index contributed by atoms with van der Waals surface area (Å²) in [7, 11) is 0. The molecule has 0 bridgehead atoms. The van der Waals surface area contributed by atoms with Gasteiger partial charge in [-0.3, -0.25) is 0 Å². The molecule has 0 saturated carbocycles. The molecule has 9 aromatic rings. The normalized spacial score (nSPS) is 16.8. The third kappa shape index (κ3) is 7.41. The highest BCUT2D eigenvalue weighted by molar-refractivity contribution is 5.95. The summed E-state index contributed by atoms with van der Waals surface area (Å²) in [5, 5.41) is 0. The zero-order chi connectivity index (χ0) is 52.4. The first-order chi connectivity index (χ1) is 39.6. The second kappa shape index (κ2) is 18.5.